The Morgan fingerprint density at radius 3 is 1.60 bits per heavy atom. The van der Waals surface area contributed by atoms with Gasteiger partial charge in [-0.2, -0.15) is 0 Å². The van der Waals surface area contributed by atoms with Gasteiger partial charge in [0.1, 0.15) is 0 Å². The summed E-state index contributed by atoms with van der Waals surface area (Å²) in [4.78, 5) is 19.8. The van der Waals surface area contributed by atoms with Crippen molar-refractivity contribution >= 4 is 11.8 Å². The Kier molecular flexibility index (Phi) is 2.94. The van der Waals surface area contributed by atoms with Crippen LogP contribution in [0, 0.1) is 0 Å². The molecule has 0 aromatic rings. The summed E-state index contributed by atoms with van der Waals surface area (Å²) in [5.41, 5.74) is 0. The van der Waals surface area contributed by atoms with Crippen LogP contribution in [0.1, 0.15) is 0 Å². The van der Waals surface area contributed by atoms with Crippen molar-refractivity contribution in [3.8, 4) is 0 Å². The lowest BCUT2D eigenvalue weighted by atomic mass is 10.2. The predicted molar refractivity (Wildman–Crippen MR) is 26.9 cm³/mol. The largest absolute Gasteiger partial charge is 0.475 e. The molecule has 0 aromatic heterocycles. The van der Waals surface area contributed by atoms with E-state index in [2.05, 4.69) is 0 Å². The first kappa shape index (κ1) is 9.02. The molecule has 0 aromatic carbocycles. The van der Waals surface area contributed by atoms with Gasteiger partial charge in [0.2, 0.25) is 0 Å². The van der Waals surface area contributed by atoms with E-state index in [4.69, 9.17) is 20.4 Å². The molecule has 1 unspecified atom stereocenters. The van der Waals surface area contributed by atoms with Gasteiger partial charge in [0.25, 0.3) is 5.78 Å². The molecular formula is C4H6O6. The normalized spacial score (nSPS) is 13.2. The molecule has 58 valence electrons. The third-order valence-corrected chi connectivity index (χ3v) is 0.762. The zero-order valence-electron chi connectivity index (χ0n) is 4.76. The molecule has 0 aliphatic heterocycles. The van der Waals surface area contributed by atoms with Crippen LogP contribution in [0.2, 0.25) is 0 Å². The highest BCUT2D eigenvalue weighted by molar-refractivity contribution is 6.34. The minimum atomic E-state index is -2.34. The summed E-state index contributed by atoms with van der Waals surface area (Å²) in [6.07, 6.45) is -4.61. The van der Waals surface area contributed by atoms with E-state index in [9.17, 15) is 9.59 Å². The zero-order valence-corrected chi connectivity index (χ0v) is 4.76. The quantitative estimate of drug-likeness (QED) is 0.257. The Morgan fingerprint density at radius 1 is 1.10 bits per heavy atom. The lowest BCUT2D eigenvalue weighted by molar-refractivity contribution is -0.167. The first-order chi connectivity index (χ1) is 4.46. The molecule has 4 N–H and O–H groups in total. The maximum absolute atomic E-state index is 10.1. The van der Waals surface area contributed by atoms with Gasteiger partial charge in [-0.15, -0.1) is 0 Å². The number of carbonyl (C=O) groups excluding carboxylic acids is 1. The van der Waals surface area contributed by atoms with Crippen LogP contribution in [0.25, 0.3) is 0 Å². The van der Waals surface area contributed by atoms with Gasteiger partial charge < -0.3 is 20.4 Å². The molecule has 6 nitrogen and oxygen atoms in total. The van der Waals surface area contributed by atoms with Crippen LogP contribution in [0.3, 0.4) is 0 Å². The molecule has 0 aliphatic carbocycles. The molecule has 6 heteroatoms. The first-order valence-corrected chi connectivity index (χ1v) is 2.28. The molecule has 0 fully saturated rings. The fraction of sp³-hybridized carbons (Fsp3) is 0.500. The summed E-state index contributed by atoms with van der Waals surface area (Å²) in [5.74, 6) is -3.55. The van der Waals surface area contributed by atoms with Crippen LogP contribution >= 0.6 is 0 Å². The number of aliphatic hydroxyl groups is 3. The molecule has 0 aliphatic rings. The van der Waals surface area contributed by atoms with E-state index < -0.39 is 24.1 Å². The van der Waals surface area contributed by atoms with Gasteiger partial charge in [-0.05, 0) is 0 Å². The molecule has 0 rings (SSSR count). The van der Waals surface area contributed by atoms with E-state index in [1.54, 1.807) is 0 Å². The molecule has 10 heavy (non-hydrogen) atoms. The average Bonchev–Trinajstić information content (AvgIpc) is 1.84. The highest BCUT2D eigenvalue weighted by Gasteiger charge is 2.27. The number of hydrogen-bond donors (Lipinski definition) is 4. The number of aliphatic carboxylic acids is 1. The number of ketones is 1. The van der Waals surface area contributed by atoms with Crippen molar-refractivity contribution < 1.29 is 30.0 Å². The van der Waals surface area contributed by atoms with Crippen molar-refractivity contribution in [1.82, 2.24) is 0 Å². The molecule has 0 spiro atoms. The number of carboxylic acid groups (broad SMARTS) is 1. The van der Waals surface area contributed by atoms with Crippen molar-refractivity contribution in [1.29, 1.82) is 0 Å². The van der Waals surface area contributed by atoms with E-state index >= 15 is 0 Å². The second-order valence-electron chi connectivity index (χ2n) is 1.53. The number of carboxylic acids is 1. The molecule has 0 heterocycles. The van der Waals surface area contributed by atoms with Crippen molar-refractivity contribution in [3.63, 3.8) is 0 Å². The van der Waals surface area contributed by atoms with Crippen LogP contribution in [-0.4, -0.2) is 44.6 Å². The third-order valence-electron chi connectivity index (χ3n) is 0.762. The minimum absolute atomic E-state index is 1.64. The Balaban J connectivity index is 4.08. The third kappa shape index (κ3) is 2.09. The van der Waals surface area contributed by atoms with E-state index in [0.29, 0.717) is 0 Å². The van der Waals surface area contributed by atoms with Crippen molar-refractivity contribution in [2.75, 3.05) is 0 Å². The summed E-state index contributed by atoms with van der Waals surface area (Å²) in [5, 5.41) is 32.3. The van der Waals surface area contributed by atoms with Gasteiger partial charge in [-0.1, -0.05) is 0 Å². The average molecular weight is 150 g/mol. The van der Waals surface area contributed by atoms with Crippen LogP contribution in [-0.2, 0) is 9.59 Å². The fourth-order valence-corrected chi connectivity index (χ4v) is 0.262. The Hall–Kier alpha value is -0.980. The van der Waals surface area contributed by atoms with Crippen molar-refractivity contribution in [2.24, 2.45) is 0 Å². The molecular weight excluding hydrogens is 144 g/mol. The lowest BCUT2D eigenvalue weighted by Crippen LogP contribution is -2.37. The van der Waals surface area contributed by atoms with Crippen LogP contribution < -0.4 is 0 Å². The lowest BCUT2D eigenvalue weighted by Gasteiger charge is -2.06. The maximum atomic E-state index is 10.1. The zero-order chi connectivity index (χ0) is 8.31. The van der Waals surface area contributed by atoms with Crippen molar-refractivity contribution in [3.05, 3.63) is 0 Å². The smallest absolute Gasteiger partial charge is 0.375 e. The van der Waals surface area contributed by atoms with E-state index in [-0.39, 0.29) is 0 Å². The Morgan fingerprint density at radius 2 is 1.50 bits per heavy atom. The molecule has 0 saturated carbocycles. The van der Waals surface area contributed by atoms with Gasteiger partial charge in [-0.25, -0.2) is 4.79 Å². The topological polar surface area (TPSA) is 115 Å². The maximum Gasteiger partial charge on any atom is 0.375 e. The van der Waals surface area contributed by atoms with Gasteiger partial charge in [-0.3, -0.25) is 4.79 Å². The minimum Gasteiger partial charge on any atom is -0.475 e. The standard InChI is InChI=1S/C4H6O6/c5-1(3(7)8)2(6)4(9)10/h1,3,5,7-8H,(H,9,10). The Labute approximate surface area is 55.3 Å². The molecule has 0 bridgehead atoms. The van der Waals surface area contributed by atoms with E-state index in [0.717, 1.165) is 0 Å². The predicted octanol–water partition coefficient (Wildman–Crippen LogP) is -2.69. The molecule has 1 atom stereocenters. The number of hydrogen-bond acceptors (Lipinski definition) is 5. The molecule has 0 radical (unpaired) electrons. The number of aliphatic hydroxyl groups excluding tert-OH is 2. The molecule has 0 amide bonds. The SMILES string of the molecule is O=C(O)C(=O)C(O)C(O)O. The Bertz CT molecular complexity index is 150. The van der Waals surface area contributed by atoms with Crippen molar-refractivity contribution in [2.45, 2.75) is 12.4 Å². The van der Waals surface area contributed by atoms with Gasteiger partial charge in [0, 0.05) is 0 Å². The summed E-state index contributed by atoms with van der Waals surface area (Å²) < 4.78 is 0. The van der Waals surface area contributed by atoms with Gasteiger partial charge >= 0.3 is 5.97 Å². The highest BCUT2D eigenvalue weighted by atomic mass is 16.5. The fourth-order valence-electron chi connectivity index (χ4n) is 0.262. The highest BCUT2D eigenvalue weighted by Crippen LogP contribution is 1.90. The summed E-state index contributed by atoms with van der Waals surface area (Å²) in [6, 6.07) is 0. The van der Waals surface area contributed by atoms with Gasteiger partial charge in [0.05, 0.1) is 0 Å². The van der Waals surface area contributed by atoms with Gasteiger partial charge in [0.15, 0.2) is 12.4 Å². The summed E-state index contributed by atoms with van der Waals surface area (Å²) in [6.45, 7) is 0. The van der Waals surface area contributed by atoms with Crippen LogP contribution in [0.15, 0.2) is 0 Å². The van der Waals surface area contributed by atoms with E-state index in [1.165, 1.54) is 0 Å². The second kappa shape index (κ2) is 3.25. The second-order valence-corrected chi connectivity index (χ2v) is 1.53. The van der Waals surface area contributed by atoms with E-state index in [1.807, 2.05) is 0 Å². The monoisotopic (exact) mass is 150 g/mol. The number of rotatable bonds is 3. The summed E-state index contributed by atoms with van der Waals surface area (Å²) >= 11 is 0. The first-order valence-electron chi connectivity index (χ1n) is 2.28. The van der Waals surface area contributed by atoms with Crippen LogP contribution in [0.4, 0.5) is 0 Å². The summed E-state index contributed by atoms with van der Waals surface area (Å²) in [7, 11) is 0. The van der Waals surface area contributed by atoms with Crippen LogP contribution in [0.5, 0.6) is 0 Å². The number of carbonyl (C=O) groups is 2. The molecule has 0 saturated heterocycles. The number of Topliss-reactive ketones (excluding diaryl/α,β-unsaturated/α-hetero) is 1.